The SMILES string of the molecule is CCCCCCCC/C=C\CCCCCCCCCC(=O)OC[C@H](COP(=O)(O)OCCN)OC(=O)CCC/C=C\C[C@H]1C(=O)C[C@@H](O)[C@@H]1/C=C/[C@@H](O)CCCCC. The molecule has 12 nitrogen and oxygen atoms in total. The number of Topliss-reactive ketones (excluding diaryl/α,β-unsaturated/α-hetero) is 1. The van der Waals surface area contributed by atoms with Gasteiger partial charge in [-0.15, -0.1) is 0 Å². The van der Waals surface area contributed by atoms with Gasteiger partial charge in [0.15, 0.2) is 6.10 Å². The zero-order valence-electron chi connectivity index (χ0n) is 36.0. The van der Waals surface area contributed by atoms with Crippen molar-refractivity contribution in [2.45, 2.75) is 193 Å². The molecule has 0 saturated heterocycles. The first-order valence-corrected chi connectivity index (χ1v) is 24.1. The van der Waals surface area contributed by atoms with Crippen LogP contribution in [0.5, 0.6) is 0 Å². The van der Waals surface area contributed by atoms with E-state index in [-0.39, 0.29) is 56.6 Å². The maximum absolute atomic E-state index is 12.7. The minimum Gasteiger partial charge on any atom is -0.462 e. The summed E-state index contributed by atoms with van der Waals surface area (Å²) in [4.78, 5) is 47.6. The van der Waals surface area contributed by atoms with Crippen LogP contribution in [0.4, 0.5) is 0 Å². The number of ether oxygens (including phenoxy) is 2. The molecule has 0 radical (unpaired) electrons. The van der Waals surface area contributed by atoms with Gasteiger partial charge < -0.3 is 30.3 Å². The van der Waals surface area contributed by atoms with Gasteiger partial charge in [0.25, 0.3) is 0 Å². The van der Waals surface area contributed by atoms with Gasteiger partial charge in [-0.3, -0.25) is 23.4 Å². The first-order chi connectivity index (χ1) is 28.0. The van der Waals surface area contributed by atoms with Gasteiger partial charge in [0, 0.05) is 37.6 Å². The first kappa shape index (κ1) is 53.8. The molecule has 5 N–H and O–H groups in total. The molecule has 0 aliphatic heterocycles. The highest BCUT2D eigenvalue weighted by Gasteiger charge is 2.39. The summed E-state index contributed by atoms with van der Waals surface area (Å²) < 4.78 is 32.7. The number of rotatable bonds is 38. The number of carbonyl (C=O) groups is 3. The Morgan fingerprint density at radius 3 is 2.00 bits per heavy atom. The minimum atomic E-state index is -4.45. The molecule has 0 heterocycles. The summed E-state index contributed by atoms with van der Waals surface area (Å²) in [6, 6.07) is 0. The molecule has 58 heavy (non-hydrogen) atoms. The molecule has 0 aromatic carbocycles. The fourth-order valence-electron chi connectivity index (χ4n) is 6.90. The van der Waals surface area contributed by atoms with E-state index >= 15 is 0 Å². The third kappa shape index (κ3) is 29.1. The van der Waals surface area contributed by atoms with Crippen molar-refractivity contribution in [3.8, 4) is 0 Å². The van der Waals surface area contributed by atoms with Gasteiger partial charge in [0.1, 0.15) is 12.4 Å². The van der Waals surface area contributed by atoms with Gasteiger partial charge in [-0.25, -0.2) is 4.57 Å². The van der Waals surface area contributed by atoms with Crippen LogP contribution in [0.2, 0.25) is 0 Å². The molecule has 0 aromatic heterocycles. The predicted molar refractivity (Wildman–Crippen MR) is 230 cm³/mol. The van der Waals surface area contributed by atoms with Crippen LogP contribution < -0.4 is 5.73 Å². The van der Waals surface area contributed by atoms with E-state index in [1.165, 1.54) is 64.2 Å². The van der Waals surface area contributed by atoms with Gasteiger partial charge in [0.05, 0.1) is 25.4 Å². The van der Waals surface area contributed by atoms with Crippen molar-refractivity contribution in [3.63, 3.8) is 0 Å². The van der Waals surface area contributed by atoms with Gasteiger partial charge in [-0.2, -0.15) is 0 Å². The number of aliphatic hydroxyl groups is 2. The van der Waals surface area contributed by atoms with Crippen molar-refractivity contribution in [2.24, 2.45) is 17.6 Å². The zero-order chi connectivity index (χ0) is 42.7. The quantitative estimate of drug-likeness (QED) is 0.0200. The van der Waals surface area contributed by atoms with Gasteiger partial charge >= 0.3 is 19.8 Å². The van der Waals surface area contributed by atoms with Crippen LogP contribution in [0.25, 0.3) is 0 Å². The fourth-order valence-corrected chi connectivity index (χ4v) is 7.67. The van der Waals surface area contributed by atoms with Crippen LogP contribution in [-0.4, -0.2) is 77.5 Å². The minimum absolute atomic E-state index is 0.00918. The molecule has 1 saturated carbocycles. The normalized spacial score (nSPS) is 19.3. The number of phosphoric ester groups is 1. The van der Waals surface area contributed by atoms with Crippen LogP contribution >= 0.6 is 7.82 Å². The summed E-state index contributed by atoms with van der Waals surface area (Å²) in [7, 11) is -4.45. The van der Waals surface area contributed by atoms with Crippen molar-refractivity contribution < 1.29 is 52.6 Å². The number of phosphoric acid groups is 1. The second-order valence-electron chi connectivity index (χ2n) is 15.7. The van der Waals surface area contributed by atoms with Crippen molar-refractivity contribution in [1.82, 2.24) is 0 Å². The van der Waals surface area contributed by atoms with E-state index in [9.17, 15) is 34.1 Å². The van der Waals surface area contributed by atoms with E-state index < -0.39 is 44.7 Å². The number of hydrogen-bond donors (Lipinski definition) is 4. The number of ketones is 1. The highest BCUT2D eigenvalue weighted by Crippen LogP contribution is 2.43. The Labute approximate surface area is 350 Å². The van der Waals surface area contributed by atoms with Crippen LogP contribution in [0.3, 0.4) is 0 Å². The number of aliphatic hydroxyl groups excluding tert-OH is 2. The Hall–Kier alpha value is -2.18. The largest absolute Gasteiger partial charge is 0.472 e. The lowest BCUT2D eigenvalue weighted by atomic mass is 9.90. The first-order valence-electron chi connectivity index (χ1n) is 22.6. The topological polar surface area (TPSA) is 192 Å². The van der Waals surface area contributed by atoms with Gasteiger partial charge in [0.2, 0.25) is 0 Å². The lowest BCUT2D eigenvalue weighted by molar-refractivity contribution is -0.161. The molecule has 13 heteroatoms. The second kappa shape index (κ2) is 35.6. The predicted octanol–water partition coefficient (Wildman–Crippen LogP) is 9.53. The molecular weight excluding hydrogens is 761 g/mol. The maximum Gasteiger partial charge on any atom is 0.472 e. The molecule has 1 rings (SSSR count). The number of esters is 2. The summed E-state index contributed by atoms with van der Waals surface area (Å²) in [5.74, 6) is -1.77. The molecule has 0 spiro atoms. The van der Waals surface area contributed by atoms with Crippen LogP contribution in [0, 0.1) is 11.8 Å². The average molecular weight is 842 g/mol. The zero-order valence-corrected chi connectivity index (χ0v) is 36.9. The molecule has 1 unspecified atom stereocenters. The third-order valence-corrected chi connectivity index (χ3v) is 11.4. The molecule has 1 fully saturated rings. The van der Waals surface area contributed by atoms with Gasteiger partial charge in [-0.1, -0.05) is 134 Å². The van der Waals surface area contributed by atoms with Gasteiger partial charge in [-0.05, 0) is 57.8 Å². The molecule has 1 aliphatic carbocycles. The molecule has 6 atom stereocenters. The lowest BCUT2D eigenvalue weighted by Crippen LogP contribution is -2.29. The smallest absolute Gasteiger partial charge is 0.462 e. The van der Waals surface area contributed by atoms with Crippen molar-refractivity contribution >= 4 is 25.5 Å². The summed E-state index contributed by atoms with van der Waals surface area (Å²) in [6.07, 6.45) is 32.5. The number of nitrogens with two attached hydrogens (primary N) is 1. The Kier molecular flexibility index (Phi) is 33.0. The standard InChI is InChI=1S/C45H80NO11P/c1-3-5-7-8-9-10-11-12-13-14-15-16-17-18-19-20-25-29-44(50)54-36-39(37-56-58(52,53)55-34-33-46)57-45(51)30-26-22-21-24-28-40-41(43(49)35-42(40)48)32-31-38(47)27-23-6-4-2/h12-13,21,24,31-32,38-41,43,47,49H,3-11,14-20,22-23,25-30,33-37,46H2,1-2H3,(H,52,53)/b13-12-,24-21-,32-31+/t38-,39+,40+,41+,43+/m0/s1. The summed E-state index contributed by atoms with van der Waals surface area (Å²) >= 11 is 0. The highest BCUT2D eigenvalue weighted by atomic mass is 31.2. The Morgan fingerprint density at radius 2 is 1.34 bits per heavy atom. The number of unbranched alkanes of at least 4 members (excludes halogenated alkanes) is 16. The number of hydrogen-bond acceptors (Lipinski definition) is 11. The van der Waals surface area contributed by atoms with Crippen molar-refractivity contribution in [1.29, 1.82) is 0 Å². The molecule has 0 bridgehead atoms. The molecule has 0 aromatic rings. The molecular formula is C45H80NO11P. The lowest BCUT2D eigenvalue weighted by Gasteiger charge is -2.19. The highest BCUT2D eigenvalue weighted by molar-refractivity contribution is 7.47. The Morgan fingerprint density at radius 1 is 0.776 bits per heavy atom. The van der Waals surface area contributed by atoms with E-state index in [2.05, 4.69) is 26.0 Å². The van der Waals surface area contributed by atoms with E-state index in [4.69, 9.17) is 24.3 Å². The van der Waals surface area contributed by atoms with Crippen LogP contribution in [0.15, 0.2) is 36.5 Å². The van der Waals surface area contributed by atoms with E-state index in [0.717, 1.165) is 44.9 Å². The molecule has 1 aliphatic rings. The van der Waals surface area contributed by atoms with Crippen molar-refractivity contribution in [2.75, 3.05) is 26.4 Å². The van der Waals surface area contributed by atoms with Crippen molar-refractivity contribution in [3.05, 3.63) is 36.5 Å². The maximum atomic E-state index is 12.7. The fraction of sp³-hybridized carbons (Fsp3) is 0.800. The molecule has 0 amide bonds. The Balaban J connectivity index is 2.39. The van der Waals surface area contributed by atoms with Crippen LogP contribution in [-0.2, 0) is 37.5 Å². The Bertz CT molecular complexity index is 1210. The monoisotopic (exact) mass is 842 g/mol. The van der Waals surface area contributed by atoms with E-state index in [0.29, 0.717) is 32.1 Å². The number of carbonyl (C=O) groups excluding carboxylic acids is 3. The summed E-state index contributed by atoms with van der Waals surface area (Å²) in [5, 5.41) is 20.7. The summed E-state index contributed by atoms with van der Waals surface area (Å²) in [5.41, 5.74) is 5.34. The second-order valence-corrected chi connectivity index (χ2v) is 17.1. The molecule has 336 valence electrons. The summed E-state index contributed by atoms with van der Waals surface area (Å²) in [6.45, 7) is 3.31. The average Bonchev–Trinajstić information content (AvgIpc) is 3.47. The number of allylic oxidation sites excluding steroid dienone is 4. The van der Waals surface area contributed by atoms with Crippen LogP contribution in [0.1, 0.15) is 174 Å². The third-order valence-electron chi connectivity index (χ3n) is 10.4. The van der Waals surface area contributed by atoms with E-state index in [1.54, 1.807) is 12.2 Å². The van der Waals surface area contributed by atoms with E-state index in [1.807, 2.05) is 12.2 Å².